The number of hydrazone groups is 1. The van der Waals surface area contributed by atoms with Crippen LogP contribution in [0.3, 0.4) is 0 Å². The van der Waals surface area contributed by atoms with Crippen LogP contribution in [0.15, 0.2) is 22.2 Å². The van der Waals surface area contributed by atoms with Gasteiger partial charge in [-0.25, -0.2) is 5.43 Å². The number of benzene rings is 1. The van der Waals surface area contributed by atoms with Crippen molar-refractivity contribution in [2.75, 3.05) is 34.4 Å². The van der Waals surface area contributed by atoms with Gasteiger partial charge in [0, 0.05) is 18.7 Å². The number of hydrogen-bond acceptors (Lipinski definition) is 7. The second kappa shape index (κ2) is 7.37. The zero-order valence-electron chi connectivity index (χ0n) is 12.5. The van der Waals surface area contributed by atoms with Crippen molar-refractivity contribution >= 4 is 12.2 Å². The number of nitrogens with zero attached hydrogens (tertiary/aromatic N) is 2. The van der Waals surface area contributed by atoms with Crippen LogP contribution >= 0.6 is 0 Å². The van der Waals surface area contributed by atoms with Gasteiger partial charge >= 0.3 is 0 Å². The highest BCUT2D eigenvalue weighted by molar-refractivity contribution is 5.85. The summed E-state index contributed by atoms with van der Waals surface area (Å²) in [6.45, 7) is 1.72. The highest BCUT2D eigenvalue weighted by Crippen LogP contribution is 2.37. The molecule has 1 aliphatic heterocycles. The maximum absolute atomic E-state index is 5.29. The first kappa shape index (κ1) is 15.0. The van der Waals surface area contributed by atoms with Gasteiger partial charge < -0.3 is 19.5 Å². The molecule has 0 spiro atoms. The lowest BCUT2D eigenvalue weighted by Crippen LogP contribution is -2.38. The van der Waals surface area contributed by atoms with Crippen molar-refractivity contribution in [2.24, 2.45) is 10.1 Å². The number of rotatable bonds is 5. The molecule has 0 bridgehead atoms. The van der Waals surface area contributed by atoms with Crippen molar-refractivity contribution in [2.45, 2.75) is 6.42 Å². The first-order chi connectivity index (χ1) is 10.3. The summed E-state index contributed by atoms with van der Waals surface area (Å²) >= 11 is 0. The standard InChI is InChI=1S/C14H20N4O3/c1-19-11-7-10(8-12(20-2)13(11)21-3)9-17-18-14-15-5-4-6-16-14/h7-9H,4-6H2,1-3H3,(H2,15,16,18). The molecule has 1 aromatic rings. The first-order valence-corrected chi connectivity index (χ1v) is 6.66. The number of methoxy groups -OCH3 is 3. The van der Waals surface area contributed by atoms with E-state index < -0.39 is 0 Å². The number of nitrogens with one attached hydrogen (secondary N) is 2. The molecule has 114 valence electrons. The van der Waals surface area contributed by atoms with Crippen LogP contribution in [0.5, 0.6) is 17.2 Å². The Kier molecular flexibility index (Phi) is 5.25. The average Bonchev–Trinajstić information content (AvgIpc) is 2.54. The summed E-state index contributed by atoms with van der Waals surface area (Å²) in [5.74, 6) is 2.42. The predicted octanol–water partition coefficient (Wildman–Crippen LogP) is 0.985. The summed E-state index contributed by atoms with van der Waals surface area (Å²) in [6, 6.07) is 3.64. The Bertz CT molecular complexity index is 518. The highest BCUT2D eigenvalue weighted by Gasteiger charge is 2.12. The summed E-state index contributed by atoms with van der Waals surface area (Å²) in [5, 5.41) is 7.28. The summed E-state index contributed by atoms with van der Waals surface area (Å²) in [6.07, 6.45) is 2.71. The molecule has 0 amide bonds. The lowest BCUT2D eigenvalue weighted by atomic mass is 10.2. The number of aliphatic imine (C=N–C) groups is 1. The van der Waals surface area contributed by atoms with Crippen LogP contribution in [-0.2, 0) is 0 Å². The maximum Gasteiger partial charge on any atom is 0.212 e. The minimum absolute atomic E-state index is 0.559. The molecule has 0 atom stereocenters. The van der Waals surface area contributed by atoms with Crippen molar-refractivity contribution in [3.05, 3.63) is 17.7 Å². The van der Waals surface area contributed by atoms with Crippen molar-refractivity contribution < 1.29 is 14.2 Å². The lowest BCUT2D eigenvalue weighted by molar-refractivity contribution is 0.324. The molecule has 2 N–H and O–H groups in total. The van der Waals surface area contributed by atoms with Crippen LogP contribution in [0.25, 0.3) is 0 Å². The molecule has 21 heavy (non-hydrogen) atoms. The van der Waals surface area contributed by atoms with E-state index in [1.54, 1.807) is 27.5 Å². The molecule has 0 saturated heterocycles. The van der Waals surface area contributed by atoms with Gasteiger partial charge in [-0.05, 0) is 18.6 Å². The third-order valence-corrected chi connectivity index (χ3v) is 2.97. The maximum atomic E-state index is 5.29. The van der Waals surface area contributed by atoms with E-state index in [1.807, 2.05) is 12.1 Å². The molecule has 1 aromatic carbocycles. The Morgan fingerprint density at radius 3 is 2.43 bits per heavy atom. The van der Waals surface area contributed by atoms with Gasteiger partial charge in [0.25, 0.3) is 0 Å². The van der Waals surface area contributed by atoms with Gasteiger partial charge in [0.15, 0.2) is 11.5 Å². The molecule has 1 aliphatic rings. The van der Waals surface area contributed by atoms with Gasteiger partial charge in [-0.15, -0.1) is 0 Å². The minimum Gasteiger partial charge on any atom is -0.493 e. The van der Waals surface area contributed by atoms with E-state index in [9.17, 15) is 0 Å². The van der Waals surface area contributed by atoms with Crippen LogP contribution in [-0.4, -0.2) is 46.6 Å². The summed E-state index contributed by atoms with van der Waals surface area (Å²) < 4.78 is 15.9. The molecule has 0 aromatic heterocycles. The van der Waals surface area contributed by atoms with Gasteiger partial charge in [0.2, 0.25) is 11.7 Å². The molecule has 0 fully saturated rings. The second-order valence-electron chi connectivity index (χ2n) is 4.34. The third-order valence-electron chi connectivity index (χ3n) is 2.97. The zero-order chi connectivity index (χ0) is 15.1. The van der Waals surface area contributed by atoms with Gasteiger partial charge in [0.05, 0.1) is 27.5 Å². The van der Waals surface area contributed by atoms with Crippen LogP contribution in [0.2, 0.25) is 0 Å². The largest absolute Gasteiger partial charge is 0.493 e. The van der Waals surface area contributed by atoms with E-state index in [2.05, 4.69) is 20.8 Å². The van der Waals surface area contributed by atoms with Crippen molar-refractivity contribution in [1.29, 1.82) is 0 Å². The summed E-state index contributed by atoms with van der Waals surface area (Å²) in [4.78, 5) is 4.27. The fourth-order valence-corrected chi connectivity index (χ4v) is 1.95. The van der Waals surface area contributed by atoms with Crippen LogP contribution in [0.4, 0.5) is 0 Å². The quantitative estimate of drug-likeness (QED) is 0.625. The van der Waals surface area contributed by atoms with Crippen molar-refractivity contribution in [3.8, 4) is 17.2 Å². The molecular formula is C14H20N4O3. The van der Waals surface area contributed by atoms with Gasteiger partial charge in [0.1, 0.15) is 0 Å². The molecular weight excluding hydrogens is 272 g/mol. The van der Waals surface area contributed by atoms with Crippen molar-refractivity contribution in [3.63, 3.8) is 0 Å². The zero-order valence-corrected chi connectivity index (χ0v) is 12.5. The predicted molar refractivity (Wildman–Crippen MR) is 81.7 cm³/mol. The monoisotopic (exact) mass is 292 g/mol. The number of guanidine groups is 1. The highest BCUT2D eigenvalue weighted by atomic mass is 16.5. The molecule has 1 heterocycles. The Labute approximate surface area is 124 Å². The second-order valence-corrected chi connectivity index (χ2v) is 4.34. The van der Waals surface area contributed by atoms with E-state index in [4.69, 9.17) is 14.2 Å². The average molecular weight is 292 g/mol. The van der Waals surface area contributed by atoms with Crippen molar-refractivity contribution in [1.82, 2.24) is 10.7 Å². The van der Waals surface area contributed by atoms with Gasteiger partial charge in [-0.3, -0.25) is 4.99 Å². The van der Waals surface area contributed by atoms with E-state index >= 15 is 0 Å². The molecule has 7 nitrogen and oxygen atoms in total. The van der Waals surface area contributed by atoms with Gasteiger partial charge in [-0.1, -0.05) is 0 Å². The van der Waals surface area contributed by atoms with Gasteiger partial charge in [-0.2, -0.15) is 5.10 Å². The Morgan fingerprint density at radius 1 is 1.19 bits per heavy atom. The lowest BCUT2D eigenvalue weighted by Gasteiger charge is -2.13. The Hall–Kier alpha value is -2.44. The Balaban J connectivity index is 2.13. The molecule has 0 unspecified atom stereocenters. The molecule has 7 heteroatoms. The fraction of sp³-hybridized carbons (Fsp3) is 0.429. The van der Waals surface area contributed by atoms with Crippen LogP contribution in [0, 0.1) is 0 Å². The fourth-order valence-electron chi connectivity index (χ4n) is 1.95. The summed E-state index contributed by atoms with van der Waals surface area (Å²) in [7, 11) is 4.73. The van der Waals surface area contributed by atoms with Crippen LogP contribution in [0.1, 0.15) is 12.0 Å². The SMILES string of the molecule is COc1cc(C=NNC2=NCCCN2)cc(OC)c1OC. The number of ether oxygens (including phenoxy) is 3. The topological polar surface area (TPSA) is 76.5 Å². The molecule has 0 aliphatic carbocycles. The van der Waals surface area contributed by atoms with E-state index in [0.717, 1.165) is 25.1 Å². The molecule has 0 radical (unpaired) electrons. The third kappa shape index (κ3) is 3.77. The van der Waals surface area contributed by atoms with E-state index in [1.165, 1.54) is 0 Å². The minimum atomic E-state index is 0.559. The normalized spacial score (nSPS) is 14.3. The first-order valence-electron chi connectivity index (χ1n) is 6.66. The smallest absolute Gasteiger partial charge is 0.212 e. The van der Waals surface area contributed by atoms with E-state index in [-0.39, 0.29) is 0 Å². The number of hydrogen-bond donors (Lipinski definition) is 2. The Morgan fingerprint density at radius 2 is 1.90 bits per heavy atom. The van der Waals surface area contributed by atoms with Crippen LogP contribution < -0.4 is 25.0 Å². The summed E-state index contributed by atoms with van der Waals surface area (Å²) in [5.41, 5.74) is 3.70. The van der Waals surface area contributed by atoms with E-state index in [0.29, 0.717) is 23.2 Å². The molecule has 0 saturated carbocycles. The molecule has 2 rings (SSSR count).